The number of rotatable bonds is 7. The number of likely N-dealkylation sites (tertiary alicyclic amines) is 1. The van der Waals surface area contributed by atoms with Crippen LogP contribution in [-0.4, -0.2) is 53.4 Å². The summed E-state index contributed by atoms with van der Waals surface area (Å²) in [5.74, 6) is 0.610. The second kappa shape index (κ2) is 8.06. The maximum Gasteiger partial charge on any atom is 0.263 e. The van der Waals surface area contributed by atoms with Gasteiger partial charge in [0.2, 0.25) is 11.8 Å². The van der Waals surface area contributed by atoms with E-state index < -0.39 is 0 Å². The summed E-state index contributed by atoms with van der Waals surface area (Å²) in [5, 5.41) is 3.62. The van der Waals surface area contributed by atoms with E-state index in [1.54, 1.807) is 25.6 Å². The molecule has 1 aliphatic rings. The van der Waals surface area contributed by atoms with E-state index in [0.29, 0.717) is 30.3 Å². The summed E-state index contributed by atoms with van der Waals surface area (Å²) in [7, 11) is 1.56. The second-order valence-corrected chi connectivity index (χ2v) is 6.74. The fourth-order valence-corrected chi connectivity index (χ4v) is 3.46. The molecule has 3 heterocycles. The zero-order valence-corrected chi connectivity index (χ0v) is 14.8. The van der Waals surface area contributed by atoms with Crippen LogP contribution in [-0.2, 0) is 4.79 Å². The van der Waals surface area contributed by atoms with Crippen molar-refractivity contribution in [2.75, 3.05) is 26.7 Å². The first kappa shape index (κ1) is 17.3. The van der Waals surface area contributed by atoms with Gasteiger partial charge in [-0.2, -0.15) is 0 Å². The highest BCUT2D eigenvalue weighted by Crippen LogP contribution is 2.25. The molecule has 132 valence electrons. The van der Waals surface area contributed by atoms with Gasteiger partial charge < -0.3 is 15.0 Å². The Morgan fingerprint density at radius 2 is 2.24 bits per heavy atom. The number of aromatic nitrogens is 2. The summed E-state index contributed by atoms with van der Waals surface area (Å²) >= 11 is 1.32. The van der Waals surface area contributed by atoms with Crippen LogP contribution in [0.5, 0.6) is 5.88 Å². The lowest BCUT2D eigenvalue weighted by Gasteiger charge is -2.15. The Balaban J connectivity index is 1.49. The van der Waals surface area contributed by atoms with E-state index in [-0.39, 0.29) is 11.8 Å². The molecule has 0 aromatic carbocycles. The van der Waals surface area contributed by atoms with Crippen molar-refractivity contribution in [3.05, 3.63) is 29.4 Å². The smallest absolute Gasteiger partial charge is 0.263 e. The Kier molecular flexibility index (Phi) is 5.60. The van der Waals surface area contributed by atoms with Gasteiger partial charge in [-0.15, -0.1) is 11.3 Å². The fraction of sp³-hybridized carbons (Fsp3) is 0.412. The zero-order valence-electron chi connectivity index (χ0n) is 14.0. The van der Waals surface area contributed by atoms with Crippen molar-refractivity contribution in [3.63, 3.8) is 0 Å². The minimum Gasteiger partial charge on any atom is -0.481 e. The molecule has 7 nitrogen and oxygen atoms in total. The van der Waals surface area contributed by atoms with Gasteiger partial charge in [0.15, 0.2) is 0 Å². The van der Waals surface area contributed by atoms with Gasteiger partial charge in [0.1, 0.15) is 9.88 Å². The Morgan fingerprint density at radius 1 is 1.36 bits per heavy atom. The lowest BCUT2D eigenvalue weighted by atomic mass is 10.3. The van der Waals surface area contributed by atoms with E-state index in [1.807, 2.05) is 11.0 Å². The van der Waals surface area contributed by atoms with Crippen LogP contribution in [0.25, 0.3) is 10.6 Å². The molecule has 0 aliphatic carbocycles. The summed E-state index contributed by atoms with van der Waals surface area (Å²) in [6, 6.07) is 3.62. The zero-order chi connectivity index (χ0) is 17.6. The van der Waals surface area contributed by atoms with E-state index in [0.717, 1.165) is 30.0 Å². The normalized spacial score (nSPS) is 14.0. The monoisotopic (exact) mass is 360 g/mol. The van der Waals surface area contributed by atoms with Crippen molar-refractivity contribution < 1.29 is 14.3 Å². The highest BCUT2D eigenvalue weighted by Gasteiger charge is 2.19. The van der Waals surface area contributed by atoms with Crippen molar-refractivity contribution in [1.29, 1.82) is 0 Å². The maximum atomic E-state index is 12.2. The Labute approximate surface area is 150 Å². The van der Waals surface area contributed by atoms with Crippen molar-refractivity contribution in [3.8, 4) is 16.5 Å². The molecule has 0 atom stereocenters. The van der Waals surface area contributed by atoms with Crippen molar-refractivity contribution >= 4 is 23.2 Å². The van der Waals surface area contributed by atoms with Gasteiger partial charge in [-0.3, -0.25) is 9.59 Å². The lowest BCUT2D eigenvalue weighted by molar-refractivity contribution is -0.127. The molecule has 3 rings (SSSR count). The Hall–Kier alpha value is -2.48. The molecule has 0 unspecified atom stereocenters. The van der Waals surface area contributed by atoms with Gasteiger partial charge in [-0.1, -0.05) is 0 Å². The van der Waals surface area contributed by atoms with Crippen LogP contribution in [0.2, 0.25) is 0 Å². The number of carbonyl (C=O) groups excluding carboxylic acids is 2. The van der Waals surface area contributed by atoms with Gasteiger partial charge in [-0.05, 0) is 18.9 Å². The number of hydrogen-bond acceptors (Lipinski definition) is 6. The minimum absolute atomic E-state index is 0.141. The number of nitrogens with one attached hydrogen (secondary N) is 1. The summed E-state index contributed by atoms with van der Waals surface area (Å²) in [4.78, 5) is 34.6. The first-order chi connectivity index (χ1) is 12.2. The van der Waals surface area contributed by atoms with Crippen LogP contribution in [0.3, 0.4) is 0 Å². The number of methoxy groups -OCH3 is 1. The quantitative estimate of drug-likeness (QED) is 0.763. The molecular formula is C17H20N4O3S. The van der Waals surface area contributed by atoms with Gasteiger partial charge in [-0.25, -0.2) is 9.97 Å². The molecule has 25 heavy (non-hydrogen) atoms. The van der Waals surface area contributed by atoms with Crippen molar-refractivity contribution in [2.24, 2.45) is 0 Å². The van der Waals surface area contributed by atoms with Gasteiger partial charge in [0, 0.05) is 43.9 Å². The Bertz CT molecular complexity index is 745. The third-order valence-corrected chi connectivity index (χ3v) is 5.03. The molecule has 2 aromatic heterocycles. The average Bonchev–Trinajstić information content (AvgIpc) is 3.28. The molecule has 2 amide bonds. The third kappa shape index (κ3) is 4.33. The summed E-state index contributed by atoms with van der Waals surface area (Å²) < 4.78 is 5.03. The third-order valence-electron chi connectivity index (χ3n) is 3.98. The lowest BCUT2D eigenvalue weighted by Crippen LogP contribution is -2.30. The Morgan fingerprint density at radius 3 is 2.92 bits per heavy atom. The molecule has 8 heteroatoms. The minimum atomic E-state index is -0.141. The van der Waals surface area contributed by atoms with E-state index in [4.69, 9.17) is 4.74 Å². The molecule has 2 aromatic rings. The highest BCUT2D eigenvalue weighted by molar-refractivity contribution is 7.16. The van der Waals surface area contributed by atoms with Crippen LogP contribution in [0.1, 0.15) is 28.9 Å². The predicted octanol–water partition coefficient (Wildman–Crippen LogP) is 1.96. The van der Waals surface area contributed by atoms with Crippen LogP contribution in [0, 0.1) is 0 Å². The number of thiazole rings is 1. The van der Waals surface area contributed by atoms with Crippen molar-refractivity contribution in [1.82, 2.24) is 20.2 Å². The second-order valence-electron chi connectivity index (χ2n) is 5.71. The van der Waals surface area contributed by atoms with Crippen molar-refractivity contribution in [2.45, 2.75) is 19.3 Å². The standard InChI is InChI=1S/C17H20N4O3S/c1-24-14-6-5-12(10-19-14)17-20-11-13(25-17)16(23)18-7-3-9-21-8-2-4-15(21)22/h5-6,10-11H,2-4,7-9H2,1H3,(H,18,23). The molecule has 0 spiro atoms. The predicted molar refractivity (Wildman–Crippen MR) is 94.7 cm³/mol. The molecule has 0 bridgehead atoms. The molecule has 1 N–H and O–H groups in total. The van der Waals surface area contributed by atoms with E-state index in [1.165, 1.54) is 11.3 Å². The average molecular weight is 360 g/mol. The van der Waals surface area contributed by atoms with E-state index in [2.05, 4.69) is 15.3 Å². The van der Waals surface area contributed by atoms with Gasteiger partial charge in [0.05, 0.1) is 13.3 Å². The molecule has 0 radical (unpaired) electrons. The first-order valence-electron chi connectivity index (χ1n) is 8.19. The van der Waals surface area contributed by atoms with Gasteiger partial charge >= 0.3 is 0 Å². The summed E-state index contributed by atoms with van der Waals surface area (Å²) in [6.45, 7) is 2.07. The molecular weight excluding hydrogens is 340 g/mol. The van der Waals surface area contributed by atoms with Crippen LogP contribution >= 0.6 is 11.3 Å². The maximum absolute atomic E-state index is 12.2. The summed E-state index contributed by atoms with van der Waals surface area (Å²) in [5.41, 5.74) is 0.845. The largest absolute Gasteiger partial charge is 0.481 e. The molecule has 0 saturated carbocycles. The number of ether oxygens (including phenoxy) is 1. The number of pyridine rings is 1. The van der Waals surface area contributed by atoms with Crippen LogP contribution < -0.4 is 10.1 Å². The first-order valence-corrected chi connectivity index (χ1v) is 9.01. The fourth-order valence-electron chi connectivity index (χ4n) is 2.64. The topological polar surface area (TPSA) is 84.4 Å². The summed E-state index contributed by atoms with van der Waals surface area (Å²) in [6.07, 6.45) is 5.59. The number of carbonyl (C=O) groups is 2. The molecule has 1 fully saturated rings. The number of amides is 2. The van der Waals surface area contributed by atoms with Crippen LogP contribution in [0.15, 0.2) is 24.5 Å². The van der Waals surface area contributed by atoms with Gasteiger partial charge in [0.25, 0.3) is 5.91 Å². The number of hydrogen-bond donors (Lipinski definition) is 1. The van der Waals surface area contributed by atoms with E-state index >= 15 is 0 Å². The molecule has 1 aliphatic heterocycles. The number of nitrogens with zero attached hydrogens (tertiary/aromatic N) is 3. The van der Waals surface area contributed by atoms with E-state index in [9.17, 15) is 9.59 Å². The SMILES string of the molecule is COc1ccc(-c2ncc(C(=O)NCCCN3CCCC3=O)s2)cn1. The molecule has 1 saturated heterocycles. The van der Waals surface area contributed by atoms with Crippen LogP contribution in [0.4, 0.5) is 0 Å². The highest BCUT2D eigenvalue weighted by atomic mass is 32.1.